The van der Waals surface area contributed by atoms with Crippen LogP contribution >= 0.6 is 27.0 Å². The average Bonchev–Trinajstić information content (AvgIpc) is 3.66. The number of ether oxygens (including phenoxy) is 1. The molecule has 278 valence electrons. The Morgan fingerprint density at radius 2 is 1.12 bits per heavy atom. The van der Waals surface area contributed by atoms with Crippen molar-refractivity contribution in [2.24, 2.45) is 29.4 Å². The van der Waals surface area contributed by atoms with Gasteiger partial charge in [0.15, 0.2) is 5.78 Å². The molecule has 2 aliphatic rings. The number of ketones is 2. The Labute approximate surface area is 303 Å². The summed E-state index contributed by atoms with van der Waals surface area (Å²) in [5, 5.41) is 2.78. The Kier molecular flexibility index (Phi) is 30.9. The molecular formula is C32H56N2O10S4. The van der Waals surface area contributed by atoms with Gasteiger partial charge in [-0.05, 0) is 42.1 Å². The summed E-state index contributed by atoms with van der Waals surface area (Å²) in [5.74, 6) is 2.43. The van der Waals surface area contributed by atoms with E-state index in [1.807, 2.05) is 30.3 Å². The number of amides is 1. The Hall–Kier alpha value is -2.27. The van der Waals surface area contributed by atoms with E-state index in [1.54, 1.807) is 0 Å². The maximum atomic E-state index is 12.6. The van der Waals surface area contributed by atoms with E-state index in [4.69, 9.17) is 35.7 Å². The summed E-state index contributed by atoms with van der Waals surface area (Å²) < 4.78 is 55.9. The Bertz CT molecular complexity index is 1210. The quantitative estimate of drug-likeness (QED) is 0.268. The van der Waals surface area contributed by atoms with Gasteiger partial charge in [-0.1, -0.05) is 109 Å². The first-order valence-electron chi connectivity index (χ1n) is 15.9. The smallest absolute Gasteiger partial charge is 0.425 e. The van der Waals surface area contributed by atoms with Gasteiger partial charge in [0.2, 0.25) is 0 Å². The van der Waals surface area contributed by atoms with Crippen molar-refractivity contribution in [1.29, 1.82) is 0 Å². The average molecular weight is 757 g/mol. The minimum Gasteiger partial charge on any atom is -0.445 e. The molecule has 2 aliphatic carbocycles. The molecular weight excluding hydrogens is 701 g/mol. The number of rotatable bonds is 13. The summed E-state index contributed by atoms with van der Waals surface area (Å²) in [7, 11) is -6.22. The number of alkyl carbamates (subject to hydrolysis) is 1. The molecule has 12 nitrogen and oxygen atoms in total. The highest BCUT2D eigenvalue weighted by Gasteiger charge is 2.27. The van der Waals surface area contributed by atoms with Gasteiger partial charge in [0.1, 0.15) is 12.4 Å². The van der Waals surface area contributed by atoms with Crippen LogP contribution in [0.3, 0.4) is 0 Å². The third-order valence-electron chi connectivity index (χ3n) is 7.67. The Balaban J connectivity index is -0.000000715. The van der Waals surface area contributed by atoms with E-state index >= 15 is 0 Å². The summed E-state index contributed by atoms with van der Waals surface area (Å²) in [5.41, 5.74) is 6.78. The molecule has 1 aromatic rings. The summed E-state index contributed by atoms with van der Waals surface area (Å²) >= 11 is 0. The minimum absolute atomic E-state index is 0. The zero-order valence-corrected chi connectivity index (χ0v) is 32.2. The van der Waals surface area contributed by atoms with Gasteiger partial charge in [-0.25, -0.2) is 4.79 Å². The number of hydrogen-bond acceptors (Lipinski definition) is 11. The van der Waals surface area contributed by atoms with Crippen LogP contribution in [-0.4, -0.2) is 55.0 Å². The molecule has 0 aromatic heterocycles. The first kappa shape index (κ1) is 50.1. The first-order chi connectivity index (χ1) is 21.6. The SMILES string of the molecule is CC(C)C[C@H](N)C(=O)CC1CCCC1.CC(C)C[C@H](NC(=O)OCc1ccccc1)C(=O)CC1CCCC1.O=S(=O)=O.O=S(=O)=O.S.S. The molecule has 3 rings (SSSR count). The topological polar surface area (TPSA) is 201 Å². The van der Waals surface area contributed by atoms with Crippen molar-refractivity contribution >= 4 is 65.9 Å². The van der Waals surface area contributed by atoms with Crippen LogP contribution in [-0.2, 0) is 42.2 Å². The van der Waals surface area contributed by atoms with Gasteiger partial charge in [-0.3, -0.25) is 9.59 Å². The fourth-order valence-electron chi connectivity index (χ4n) is 5.58. The fraction of sp³-hybridized carbons (Fsp3) is 0.719. The number of nitrogens with one attached hydrogen (secondary N) is 1. The third-order valence-corrected chi connectivity index (χ3v) is 7.67. The van der Waals surface area contributed by atoms with Crippen LogP contribution < -0.4 is 11.1 Å². The molecule has 2 fully saturated rings. The highest BCUT2D eigenvalue weighted by Crippen LogP contribution is 2.29. The van der Waals surface area contributed by atoms with Crippen LogP contribution in [0.15, 0.2) is 30.3 Å². The number of carbonyl (C=O) groups excluding carboxylic acids is 3. The van der Waals surface area contributed by atoms with E-state index in [2.05, 4.69) is 33.0 Å². The van der Waals surface area contributed by atoms with Crippen LogP contribution in [0, 0.1) is 23.7 Å². The number of hydrogen-bond donors (Lipinski definition) is 2. The fourth-order valence-corrected chi connectivity index (χ4v) is 5.58. The molecule has 0 saturated heterocycles. The maximum Gasteiger partial charge on any atom is 0.425 e. The van der Waals surface area contributed by atoms with Crippen molar-refractivity contribution in [3.05, 3.63) is 35.9 Å². The van der Waals surface area contributed by atoms with Gasteiger partial charge in [0, 0.05) is 12.8 Å². The molecule has 1 amide bonds. The number of benzene rings is 1. The van der Waals surface area contributed by atoms with Gasteiger partial charge in [0.05, 0.1) is 12.1 Å². The van der Waals surface area contributed by atoms with E-state index in [0.29, 0.717) is 36.5 Å². The highest BCUT2D eigenvalue weighted by molar-refractivity contribution is 7.59. The van der Waals surface area contributed by atoms with Crippen molar-refractivity contribution < 1.29 is 44.4 Å². The van der Waals surface area contributed by atoms with Crippen LogP contribution in [0.2, 0.25) is 0 Å². The van der Waals surface area contributed by atoms with Crippen LogP contribution in [0.4, 0.5) is 4.79 Å². The van der Waals surface area contributed by atoms with Gasteiger partial charge < -0.3 is 15.8 Å². The minimum atomic E-state index is -3.11. The standard InChI is InChI=1S/C20H29NO3.C12H23NO.2O3S.2H2S/c1-15(2)12-18(19(22)13-16-8-6-7-9-16)21-20(23)24-14-17-10-4-3-5-11-17;1-9(2)7-11(13)12(14)8-10-5-3-4-6-10;2*1-4(2)3;;/h3-5,10-11,15-16,18H,6-9,12-14H2,1-2H3,(H,21,23);9-11H,3-8,13H2,1-2H3;;;2*1H2/t18-;11-;;;;/m00..../s1. The molecule has 2 saturated carbocycles. The molecule has 0 aliphatic heterocycles. The maximum absolute atomic E-state index is 12.6. The molecule has 3 N–H and O–H groups in total. The summed E-state index contributed by atoms with van der Waals surface area (Å²) in [6, 6.07) is 8.90. The van der Waals surface area contributed by atoms with Crippen molar-refractivity contribution in [3.8, 4) is 0 Å². The molecule has 48 heavy (non-hydrogen) atoms. The molecule has 0 radical (unpaired) electrons. The lowest BCUT2D eigenvalue weighted by Crippen LogP contribution is -2.42. The number of carbonyl (C=O) groups is 3. The highest BCUT2D eigenvalue weighted by atomic mass is 32.2. The zero-order valence-electron chi connectivity index (χ0n) is 28.5. The van der Waals surface area contributed by atoms with E-state index in [-0.39, 0.29) is 51.2 Å². The number of Topliss-reactive ketones (excluding diaryl/α,β-unsaturated/α-hetero) is 2. The molecule has 0 bridgehead atoms. The molecule has 0 spiro atoms. The molecule has 1 aromatic carbocycles. The predicted octanol–water partition coefficient (Wildman–Crippen LogP) is 5.20. The Morgan fingerprint density at radius 3 is 1.52 bits per heavy atom. The third kappa shape index (κ3) is 28.7. The van der Waals surface area contributed by atoms with Gasteiger partial charge in [-0.2, -0.15) is 27.0 Å². The first-order valence-corrected chi connectivity index (χ1v) is 17.9. The second-order valence-corrected chi connectivity index (χ2v) is 13.5. The van der Waals surface area contributed by atoms with Crippen LogP contribution in [0.5, 0.6) is 0 Å². The summed E-state index contributed by atoms with van der Waals surface area (Å²) in [6.45, 7) is 8.57. The van der Waals surface area contributed by atoms with E-state index in [1.165, 1.54) is 38.5 Å². The van der Waals surface area contributed by atoms with Gasteiger partial charge in [-0.15, -0.1) is 25.3 Å². The zero-order chi connectivity index (χ0) is 35.1. The molecule has 16 heteroatoms. The van der Waals surface area contributed by atoms with E-state index in [0.717, 1.165) is 31.2 Å². The lowest BCUT2D eigenvalue weighted by Gasteiger charge is -2.21. The van der Waals surface area contributed by atoms with Crippen LogP contribution in [0.1, 0.15) is 110 Å². The normalized spacial score (nSPS) is 15.0. The molecule has 0 unspecified atom stereocenters. The van der Waals surface area contributed by atoms with Gasteiger partial charge >= 0.3 is 27.3 Å². The largest absolute Gasteiger partial charge is 0.445 e. The second kappa shape index (κ2) is 29.6. The molecule has 0 heterocycles. The van der Waals surface area contributed by atoms with Crippen molar-refractivity contribution in [2.75, 3.05) is 0 Å². The summed E-state index contributed by atoms with van der Waals surface area (Å²) in [4.78, 5) is 36.3. The van der Waals surface area contributed by atoms with Crippen molar-refractivity contribution in [1.82, 2.24) is 5.32 Å². The predicted molar refractivity (Wildman–Crippen MR) is 194 cm³/mol. The Morgan fingerprint density at radius 1 is 0.729 bits per heavy atom. The molecule has 2 atom stereocenters. The van der Waals surface area contributed by atoms with Gasteiger partial charge in [0.25, 0.3) is 0 Å². The lowest BCUT2D eigenvalue weighted by molar-refractivity contribution is -0.122. The number of nitrogens with two attached hydrogens (primary N) is 1. The monoisotopic (exact) mass is 756 g/mol. The van der Waals surface area contributed by atoms with Crippen molar-refractivity contribution in [2.45, 2.75) is 123 Å². The summed E-state index contributed by atoms with van der Waals surface area (Å²) in [6.07, 6.45) is 12.1. The lowest BCUT2D eigenvalue weighted by atomic mass is 9.93. The van der Waals surface area contributed by atoms with E-state index < -0.39 is 33.4 Å². The van der Waals surface area contributed by atoms with Crippen LogP contribution in [0.25, 0.3) is 0 Å². The van der Waals surface area contributed by atoms with E-state index in [9.17, 15) is 14.4 Å². The van der Waals surface area contributed by atoms with Crippen molar-refractivity contribution in [3.63, 3.8) is 0 Å². The second-order valence-electron chi connectivity index (χ2n) is 12.7.